The van der Waals surface area contributed by atoms with E-state index in [0.717, 1.165) is 15.6 Å². The highest BCUT2D eigenvalue weighted by atomic mass is 79.9. The van der Waals surface area contributed by atoms with Gasteiger partial charge in [0.2, 0.25) is 0 Å². The smallest absolute Gasteiger partial charge is 0.157 e. The number of alkyl halides is 1. The highest BCUT2D eigenvalue weighted by Crippen LogP contribution is 2.24. The third-order valence-corrected chi connectivity index (χ3v) is 3.28. The summed E-state index contributed by atoms with van der Waals surface area (Å²) in [5.41, 5.74) is 1.67. The molecule has 0 fully saturated rings. The number of halogens is 2. The van der Waals surface area contributed by atoms with Gasteiger partial charge < -0.3 is 4.74 Å². The van der Waals surface area contributed by atoms with Crippen LogP contribution >= 0.6 is 27.5 Å². The quantitative estimate of drug-likeness (QED) is 0.729. The van der Waals surface area contributed by atoms with E-state index in [4.69, 9.17) is 16.3 Å². The SMILES string of the molecule is ClC(OCc1ccccc1)c1ccc(Br)cc1. The van der Waals surface area contributed by atoms with E-state index in [0.29, 0.717) is 6.61 Å². The summed E-state index contributed by atoms with van der Waals surface area (Å²) in [4.78, 5) is 0. The first-order valence-corrected chi connectivity index (χ1v) is 6.54. The number of benzene rings is 2. The standard InChI is InChI=1S/C14H12BrClO/c15-13-8-6-12(7-9-13)14(16)17-10-11-4-2-1-3-5-11/h1-9,14H,10H2. The zero-order valence-corrected chi connectivity index (χ0v) is 11.5. The molecule has 0 aliphatic rings. The molecular weight excluding hydrogens is 300 g/mol. The van der Waals surface area contributed by atoms with Crippen LogP contribution < -0.4 is 0 Å². The number of hydrogen-bond acceptors (Lipinski definition) is 1. The van der Waals surface area contributed by atoms with Gasteiger partial charge in [-0.1, -0.05) is 70.0 Å². The Balaban J connectivity index is 1.93. The van der Waals surface area contributed by atoms with Crippen molar-refractivity contribution in [2.75, 3.05) is 0 Å². The first kappa shape index (κ1) is 12.6. The highest BCUT2D eigenvalue weighted by Gasteiger charge is 2.07. The van der Waals surface area contributed by atoms with Crippen LogP contribution in [0.3, 0.4) is 0 Å². The molecule has 0 amide bonds. The van der Waals surface area contributed by atoms with Crippen molar-refractivity contribution < 1.29 is 4.74 Å². The molecule has 1 atom stereocenters. The Bertz CT molecular complexity index is 455. The van der Waals surface area contributed by atoms with Crippen molar-refractivity contribution in [1.82, 2.24) is 0 Å². The fourth-order valence-corrected chi connectivity index (χ4v) is 1.93. The van der Waals surface area contributed by atoms with Gasteiger partial charge in [-0.05, 0) is 23.3 Å². The van der Waals surface area contributed by atoms with Crippen LogP contribution in [-0.4, -0.2) is 0 Å². The van der Waals surface area contributed by atoms with Crippen LogP contribution in [-0.2, 0) is 11.3 Å². The minimum Gasteiger partial charge on any atom is -0.354 e. The van der Waals surface area contributed by atoms with Crippen molar-refractivity contribution in [3.05, 3.63) is 70.2 Å². The molecule has 2 aromatic carbocycles. The van der Waals surface area contributed by atoms with Crippen molar-refractivity contribution in [3.63, 3.8) is 0 Å². The molecule has 17 heavy (non-hydrogen) atoms. The summed E-state index contributed by atoms with van der Waals surface area (Å²) >= 11 is 9.56. The van der Waals surface area contributed by atoms with Crippen LogP contribution in [0.4, 0.5) is 0 Å². The molecule has 2 rings (SSSR count). The van der Waals surface area contributed by atoms with Crippen molar-refractivity contribution in [2.24, 2.45) is 0 Å². The maximum absolute atomic E-state index is 6.17. The van der Waals surface area contributed by atoms with Gasteiger partial charge in [0.05, 0.1) is 6.61 Å². The van der Waals surface area contributed by atoms with Crippen molar-refractivity contribution in [1.29, 1.82) is 0 Å². The first-order chi connectivity index (χ1) is 8.25. The Labute approximate surface area is 115 Å². The summed E-state index contributed by atoms with van der Waals surface area (Å²) in [7, 11) is 0. The van der Waals surface area contributed by atoms with E-state index in [1.54, 1.807) is 0 Å². The molecule has 2 aromatic rings. The minimum atomic E-state index is -0.414. The van der Waals surface area contributed by atoms with Gasteiger partial charge in [0.15, 0.2) is 5.56 Å². The van der Waals surface area contributed by atoms with E-state index in [1.807, 2.05) is 54.6 Å². The van der Waals surface area contributed by atoms with E-state index in [1.165, 1.54) is 0 Å². The largest absolute Gasteiger partial charge is 0.354 e. The summed E-state index contributed by atoms with van der Waals surface area (Å²) in [6, 6.07) is 17.8. The summed E-state index contributed by atoms with van der Waals surface area (Å²) < 4.78 is 6.64. The molecule has 0 aromatic heterocycles. The topological polar surface area (TPSA) is 9.23 Å². The molecule has 0 spiro atoms. The fraction of sp³-hybridized carbons (Fsp3) is 0.143. The third-order valence-electron chi connectivity index (χ3n) is 2.37. The molecule has 0 N–H and O–H groups in total. The van der Waals surface area contributed by atoms with Gasteiger partial charge in [0, 0.05) is 4.47 Å². The minimum absolute atomic E-state index is 0.414. The van der Waals surface area contributed by atoms with E-state index < -0.39 is 5.56 Å². The van der Waals surface area contributed by atoms with Gasteiger partial charge in [-0.25, -0.2) is 0 Å². The molecule has 0 saturated carbocycles. The zero-order valence-electron chi connectivity index (χ0n) is 9.14. The molecule has 0 aliphatic heterocycles. The van der Waals surface area contributed by atoms with E-state index in [-0.39, 0.29) is 0 Å². The average molecular weight is 312 g/mol. The molecule has 0 bridgehead atoms. The third kappa shape index (κ3) is 3.84. The van der Waals surface area contributed by atoms with Crippen molar-refractivity contribution in [2.45, 2.75) is 12.2 Å². The molecule has 1 unspecified atom stereocenters. The number of hydrogen-bond donors (Lipinski definition) is 0. The lowest BCUT2D eigenvalue weighted by Gasteiger charge is -2.11. The second-order valence-electron chi connectivity index (χ2n) is 3.66. The molecule has 3 heteroatoms. The monoisotopic (exact) mass is 310 g/mol. The Kier molecular flexibility index (Phi) is 4.60. The summed E-state index contributed by atoms with van der Waals surface area (Å²) in [5.74, 6) is 0. The molecule has 0 heterocycles. The normalized spacial score (nSPS) is 12.4. The van der Waals surface area contributed by atoms with E-state index in [9.17, 15) is 0 Å². The Morgan fingerprint density at radius 1 is 1.00 bits per heavy atom. The van der Waals surface area contributed by atoms with Crippen LogP contribution in [0.2, 0.25) is 0 Å². The second-order valence-corrected chi connectivity index (χ2v) is 4.98. The fourth-order valence-electron chi connectivity index (χ4n) is 1.45. The lowest BCUT2D eigenvalue weighted by Crippen LogP contribution is -1.97. The predicted molar refractivity (Wildman–Crippen MR) is 74.0 cm³/mol. The van der Waals surface area contributed by atoms with Crippen LogP contribution in [0, 0.1) is 0 Å². The maximum atomic E-state index is 6.17. The van der Waals surface area contributed by atoms with Gasteiger partial charge in [-0.15, -0.1) is 0 Å². The number of rotatable bonds is 4. The van der Waals surface area contributed by atoms with Gasteiger partial charge in [0.25, 0.3) is 0 Å². The summed E-state index contributed by atoms with van der Waals surface area (Å²) in [5, 5.41) is 0. The van der Waals surface area contributed by atoms with Gasteiger partial charge >= 0.3 is 0 Å². The summed E-state index contributed by atoms with van der Waals surface area (Å²) in [6.45, 7) is 0.519. The van der Waals surface area contributed by atoms with Crippen molar-refractivity contribution in [3.8, 4) is 0 Å². The molecule has 0 aliphatic carbocycles. The molecule has 1 nitrogen and oxygen atoms in total. The zero-order chi connectivity index (χ0) is 12.1. The second kappa shape index (κ2) is 6.20. The summed E-state index contributed by atoms with van der Waals surface area (Å²) in [6.07, 6.45) is 0. The van der Waals surface area contributed by atoms with Gasteiger partial charge in [0.1, 0.15) is 0 Å². The molecule has 88 valence electrons. The lowest BCUT2D eigenvalue weighted by atomic mass is 10.2. The highest BCUT2D eigenvalue weighted by molar-refractivity contribution is 9.10. The van der Waals surface area contributed by atoms with Crippen LogP contribution in [0.5, 0.6) is 0 Å². The average Bonchev–Trinajstić information content (AvgIpc) is 2.38. The Morgan fingerprint density at radius 2 is 1.65 bits per heavy atom. The molecular formula is C14H12BrClO. The Morgan fingerprint density at radius 3 is 2.29 bits per heavy atom. The van der Waals surface area contributed by atoms with Gasteiger partial charge in [-0.2, -0.15) is 0 Å². The van der Waals surface area contributed by atoms with Crippen molar-refractivity contribution >= 4 is 27.5 Å². The first-order valence-electron chi connectivity index (χ1n) is 5.31. The lowest BCUT2D eigenvalue weighted by molar-refractivity contribution is 0.0943. The molecule has 0 radical (unpaired) electrons. The van der Waals surface area contributed by atoms with Crippen LogP contribution in [0.15, 0.2) is 59.1 Å². The van der Waals surface area contributed by atoms with Crippen LogP contribution in [0.25, 0.3) is 0 Å². The van der Waals surface area contributed by atoms with E-state index >= 15 is 0 Å². The number of ether oxygens (including phenoxy) is 1. The maximum Gasteiger partial charge on any atom is 0.157 e. The Hall–Kier alpha value is -0.830. The van der Waals surface area contributed by atoms with E-state index in [2.05, 4.69) is 15.9 Å². The van der Waals surface area contributed by atoms with Crippen LogP contribution in [0.1, 0.15) is 16.7 Å². The predicted octanol–water partition coefficient (Wildman–Crippen LogP) is 4.90. The molecule has 0 saturated heterocycles. The van der Waals surface area contributed by atoms with Gasteiger partial charge in [-0.3, -0.25) is 0 Å².